The smallest absolute Gasteiger partial charge is 0.0936 e. The number of nitrogens with one attached hydrogen (secondary N) is 1. The first-order valence-electron chi connectivity index (χ1n) is 6.37. The molecule has 0 bridgehead atoms. The van der Waals surface area contributed by atoms with E-state index >= 15 is 0 Å². The Bertz CT molecular complexity index is 544. The van der Waals surface area contributed by atoms with Gasteiger partial charge in [0.15, 0.2) is 0 Å². The third kappa shape index (κ3) is 2.12. The number of hydrogen-bond donors (Lipinski definition) is 1. The van der Waals surface area contributed by atoms with Gasteiger partial charge >= 0.3 is 0 Å². The predicted molar refractivity (Wildman–Crippen MR) is 72.3 cm³/mol. The summed E-state index contributed by atoms with van der Waals surface area (Å²) in [6.07, 6.45) is 2.73. The number of benzene rings is 1. The maximum Gasteiger partial charge on any atom is 0.0936 e. The lowest BCUT2D eigenvalue weighted by Crippen LogP contribution is -2.17. The molecule has 1 atom stereocenters. The van der Waals surface area contributed by atoms with E-state index in [0.717, 1.165) is 17.1 Å². The zero-order chi connectivity index (χ0) is 11.8. The first-order valence-corrected chi connectivity index (χ1v) is 6.37. The van der Waals surface area contributed by atoms with Crippen LogP contribution < -0.4 is 5.32 Å². The molecule has 0 amide bonds. The minimum Gasteiger partial charge on any atom is -0.381 e. The van der Waals surface area contributed by atoms with E-state index in [1.807, 2.05) is 6.92 Å². The van der Waals surface area contributed by atoms with Gasteiger partial charge < -0.3 is 5.32 Å². The average molecular weight is 226 g/mol. The minimum absolute atomic E-state index is 0.558. The first kappa shape index (κ1) is 10.6. The van der Waals surface area contributed by atoms with Crippen LogP contribution in [0.4, 0.5) is 5.69 Å². The van der Waals surface area contributed by atoms with E-state index in [1.165, 1.54) is 23.9 Å². The van der Waals surface area contributed by atoms with Crippen LogP contribution >= 0.6 is 0 Å². The third-order valence-corrected chi connectivity index (χ3v) is 3.57. The second-order valence-corrected chi connectivity index (χ2v) is 5.10. The second kappa shape index (κ2) is 4.02. The molecule has 0 radical (unpaired) electrons. The summed E-state index contributed by atoms with van der Waals surface area (Å²) < 4.78 is 0. The highest BCUT2D eigenvalue weighted by Gasteiger charge is 2.28. The Morgan fingerprint density at radius 2 is 2.06 bits per heavy atom. The van der Waals surface area contributed by atoms with Gasteiger partial charge in [0.2, 0.25) is 0 Å². The van der Waals surface area contributed by atoms with Gasteiger partial charge in [0.1, 0.15) is 0 Å². The molecule has 2 heteroatoms. The molecule has 0 aliphatic heterocycles. The van der Waals surface area contributed by atoms with Crippen LogP contribution in [0.3, 0.4) is 0 Å². The molecule has 1 heterocycles. The maximum atomic E-state index is 4.65. The molecule has 1 unspecified atom stereocenters. The summed E-state index contributed by atoms with van der Waals surface area (Å²) in [5, 5.41) is 4.82. The van der Waals surface area contributed by atoms with Crippen molar-refractivity contribution >= 4 is 16.6 Å². The molecule has 1 aromatic carbocycles. The molecule has 3 rings (SSSR count). The molecule has 1 fully saturated rings. The van der Waals surface area contributed by atoms with E-state index in [1.54, 1.807) is 0 Å². The molecule has 1 aliphatic rings. The normalized spacial score (nSPS) is 17.1. The summed E-state index contributed by atoms with van der Waals surface area (Å²) >= 11 is 0. The summed E-state index contributed by atoms with van der Waals surface area (Å²) in [6.45, 7) is 4.31. The fraction of sp³-hybridized carbons (Fsp3) is 0.400. The Hall–Kier alpha value is -1.57. The number of anilines is 1. The number of pyridine rings is 1. The van der Waals surface area contributed by atoms with Crippen LogP contribution in [-0.4, -0.2) is 11.0 Å². The Balaban J connectivity index is 1.99. The van der Waals surface area contributed by atoms with E-state index in [2.05, 4.69) is 47.6 Å². The molecule has 1 N–H and O–H groups in total. The van der Waals surface area contributed by atoms with Crippen LogP contribution in [0.1, 0.15) is 25.5 Å². The molecule has 1 saturated carbocycles. The van der Waals surface area contributed by atoms with Crippen LogP contribution in [0.15, 0.2) is 30.3 Å². The van der Waals surface area contributed by atoms with Crippen molar-refractivity contribution in [2.24, 2.45) is 5.92 Å². The Kier molecular flexibility index (Phi) is 2.50. The molecule has 2 aromatic rings. The largest absolute Gasteiger partial charge is 0.381 e. The van der Waals surface area contributed by atoms with Crippen molar-refractivity contribution in [1.82, 2.24) is 4.98 Å². The van der Waals surface area contributed by atoms with E-state index < -0.39 is 0 Å². The molecule has 1 aromatic heterocycles. The number of rotatable bonds is 3. The fourth-order valence-corrected chi connectivity index (χ4v) is 2.32. The summed E-state index contributed by atoms with van der Waals surface area (Å²) in [4.78, 5) is 4.65. The lowest BCUT2D eigenvalue weighted by atomic mass is 10.1. The second-order valence-electron chi connectivity index (χ2n) is 5.10. The summed E-state index contributed by atoms with van der Waals surface area (Å²) in [7, 11) is 0. The zero-order valence-electron chi connectivity index (χ0n) is 10.4. The van der Waals surface area contributed by atoms with Gasteiger partial charge in [-0.2, -0.15) is 0 Å². The molecule has 0 saturated heterocycles. The summed E-state index contributed by atoms with van der Waals surface area (Å²) in [5.41, 5.74) is 3.34. The van der Waals surface area contributed by atoms with E-state index in [0.29, 0.717) is 6.04 Å². The van der Waals surface area contributed by atoms with Gasteiger partial charge in [-0.15, -0.1) is 0 Å². The number of hydrogen-bond acceptors (Lipinski definition) is 2. The Labute approximate surface area is 102 Å². The molecule has 1 aliphatic carbocycles. The molecular formula is C15H18N2. The first-order chi connectivity index (χ1) is 8.24. The molecule has 88 valence electrons. The lowest BCUT2D eigenvalue weighted by Gasteiger charge is -2.15. The standard InChI is InChI=1S/C15H18N2/c1-10-6-7-13-4-3-5-14(15(13)16-10)17-11(2)12-8-9-12/h3-7,11-12,17H,8-9H2,1-2H3. The van der Waals surface area contributed by atoms with Crippen LogP contribution in [0.25, 0.3) is 10.9 Å². The lowest BCUT2D eigenvalue weighted by molar-refractivity contribution is 0.695. The average Bonchev–Trinajstić information content (AvgIpc) is 3.13. The van der Waals surface area contributed by atoms with Crippen molar-refractivity contribution in [2.45, 2.75) is 32.7 Å². The van der Waals surface area contributed by atoms with Crippen molar-refractivity contribution in [3.05, 3.63) is 36.0 Å². The minimum atomic E-state index is 0.558. The van der Waals surface area contributed by atoms with Gasteiger partial charge in [-0.1, -0.05) is 18.2 Å². The Morgan fingerprint density at radius 3 is 2.82 bits per heavy atom. The van der Waals surface area contributed by atoms with Crippen LogP contribution in [0, 0.1) is 12.8 Å². The Morgan fingerprint density at radius 1 is 1.24 bits per heavy atom. The van der Waals surface area contributed by atoms with E-state index in [9.17, 15) is 0 Å². The maximum absolute atomic E-state index is 4.65. The number of aromatic nitrogens is 1. The van der Waals surface area contributed by atoms with Gasteiger partial charge in [0.05, 0.1) is 11.2 Å². The molecular weight excluding hydrogens is 208 g/mol. The summed E-state index contributed by atoms with van der Waals surface area (Å²) in [6, 6.07) is 11.1. The van der Waals surface area contributed by atoms with Crippen molar-refractivity contribution in [1.29, 1.82) is 0 Å². The molecule has 0 spiro atoms. The zero-order valence-corrected chi connectivity index (χ0v) is 10.4. The van der Waals surface area contributed by atoms with Gasteiger partial charge in [-0.05, 0) is 44.7 Å². The number of nitrogens with zero attached hydrogens (tertiary/aromatic N) is 1. The van der Waals surface area contributed by atoms with Crippen molar-refractivity contribution in [3.63, 3.8) is 0 Å². The number of aryl methyl sites for hydroxylation is 1. The van der Waals surface area contributed by atoms with Gasteiger partial charge in [0, 0.05) is 17.1 Å². The van der Waals surface area contributed by atoms with Gasteiger partial charge in [-0.3, -0.25) is 4.98 Å². The number of fused-ring (bicyclic) bond motifs is 1. The molecule has 17 heavy (non-hydrogen) atoms. The predicted octanol–water partition coefficient (Wildman–Crippen LogP) is 3.75. The van der Waals surface area contributed by atoms with Crippen LogP contribution in [0.2, 0.25) is 0 Å². The van der Waals surface area contributed by atoms with Crippen LogP contribution in [-0.2, 0) is 0 Å². The van der Waals surface area contributed by atoms with Crippen molar-refractivity contribution in [3.8, 4) is 0 Å². The highest BCUT2D eigenvalue weighted by Crippen LogP contribution is 2.34. The summed E-state index contributed by atoms with van der Waals surface area (Å²) in [5.74, 6) is 0.857. The topological polar surface area (TPSA) is 24.9 Å². The monoisotopic (exact) mass is 226 g/mol. The van der Waals surface area contributed by atoms with Crippen LogP contribution in [0.5, 0.6) is 0 Å². The third-order valence-electron chi connectivity index (χ3n) is 3.57. The quantitative estimate of drug-likeness (QED) is 0.862. The SMILES string of the molecule is Cc1ccc2cccc(NC(C)C3CC3)c2n1. The van der Waals surface area contributed by atoms with E-state index in [-0.39, 0.29) is 0 Å². The fourth-order valence-electron chi connectivity index (χ4n) is 2.32. The van der Waals surface area contributed by atoms with Gasteiger partial charge in [0.25, 0.3) is 0 Å². The van der Waals surface area contributed by atoms with Crippen molar-refractivity contribution in [2.75, 3.05) is 5.32 Å². The van der Waals surface area contributed by atoms with Gasteiger partial charge in [-0.25, -0.2) is 0 Å². The number of para-hydroxylation sites is 1. The van der Waals surface area contributed by atoms with Crippen molar-refractivity contribution < 1.29 is 0 Å². The highest BCUT2D eigenvalue weighted by atomic mass is 14.9. The molecule has 2 nitrogen and oxygen atoms in total. The van der Waals surface area contributed by atoms with E-state index in [4.69, 9.17) is 0 Å². The highest BCUT2D eigenvalue weighted by molar-refractivity contribution is 5.90.